The molecule has 2 N–H and O–H groups in total. The number of aliphatic hydroxyl groups is 1. The number of carbonyl (C=O) groups is 2. The summed E-state index contributed by atoms with van der Waals surface area (Å²) < 4.78 is 37.8. The number of alkyl carbamates (subject to hydrolysis) is 1. The number of unbranched alkanes of at least 4 members (excludes halogenated alkanes) is 1. The van der Waals surface area contributed by atoms with Crippen LogP contribution in [0.5, 0.6) is 0 Å². The second-order valence-corrected chi connectivity index (χ2v) is 8.02. The van der Waals surface area contributed by atoms with Gasteiger partial charge in [-0.1, -0.05) is 19.8 Å². The highest BCUT2D eigenvalue weighted by atomic mass is 19.1. The van der Waals surface area contributed by atoms with Crippen LogP contribution in [0.15, 0.2) is 18.2 Å². The van der Waals surface area contributed by atoms with E-state index in [1.807, 2.05) is 6.92 Å². The van der Waals surface area contributed by atoms with Gasteiger partial charge < -0.3 is 19.9 Å². The van der Waals surface area contributed by atoms with E-state index in [1.54, 1.807) is 20.8 Å². The minimum Gasteiger partial charge on any atom is -0.458 e. The Morgan fingerprint density at radius 1 is 1.17 bits per heavy atom. The number of hydrogen-bond acceptors (Lipinski definition) is 5. The van der Waals surface area contributed by atoms with Crippen molar-refractivity contribution >= 4 is 12.1 Å². The van der Waals surface area contributed by atoms with Gasteiger partial charge in [-0.05, 0) is 51.3 Å². The molecule has 3 atom stereocenters. The maximum atomic E-state index is 13.6. The monoisotopic (exact) mass is 415 g/mol. The van der Waals surface area contributed by atoms with Crippen LogP contribution in [-0.2, 0) is 20.7 Å². The topological polar surface area (TPSA) is 84.9 Å². The van der Waals surface area contributed by atoms with Gasteiger partial charge in [-0.2, -0.15) is 0 Å². The summed E-state index contributed by atoms with van der Waals surface area (Å²) in [7, 11) is 0. The van der Waals surface area contributed by atoms with Gasteiger partial charge >= 0.3 is 12.1 Å². The number of benzene rings is 1. The fraction of sp³-hybridized carbons (Fsp3) is 0.619. The van der Waals surface area contributed by atoms with Crippen LogP contribution in [-0.4, -0.2) is 41.0 Å². The summed E-state index contributed by atoms with van der Waals surface area (Å²) in [6.45, 7) is 8.18. The number of carbonyl (C=O) groups excluding carboxylic acids is 2. The molecule has 0 spiro atoms. The van der Waals surface area contributed by atoms with Gasteiger partial charge in [-0.3, -0.25) is 4.79 Å². The summed E-state index contributed by atoms with van der Waals surface area (Å²) in [6, 6.07) is 2.02. The molecule has 0 saturated heterocycles. The van der Waals surface area contributed by atoms with E-state index in [-0.39, 0.29) is 12.0 Å². The summed E-state index contributed by atoms with van der Waals surface area (Å²) in [6.07, 6.45) is -1.24. The third kappa shape index (κ3) is 9.69. The maximum absolute atomic E-state index is 13.6. The van der Waals surface area contributed by atoms with Crippen molar-refractivity contribution in [3.8, 4) is 0 Å². The minimum absolute atomic E-state index is 0.0744. The van der Waals surface area contributed by atoms with Crippen molar-refractivity contribution < 1.29 is 33.0 Å². The van der Waals surface area contributed by atoms with Gasteiger partial charge in [0.05, 0.1) is 12.1 Å². The molecule has 6 nitrogen and oxygen atoms in total. The van der Waals surface area contributed by atoms with Gasteiger partial charge in [0, 0.05) is 13.0 Å². The zero-order valence-electron chi connectivity index (χ0n) is 17.6. The normalized spacial score (nSPS) is 14.6. The molecule has 1 aromatic rings. The van der Waals surface area contributed by atoms with Crippen molar-refractivity contribution in [1.82, 2.24) is 5.32 Å². The van der Waals surface area contributed by atoms with Gasteiger partial charge in [0.2, 0.25) is 0 Å². The quantitative estimate of drug-likeness (QED) is 0.598. The number of hydrogen-bond donors (Lipinski definition) is 2. The molecule has 0 bridgehead atoms. The highest BCUT2D eigenvalue weighted by Gasteiger charge is 2.33. The van der Waals surface area contributed by atoms with Gasteiger partial charge in [0.1, 0.15) is 23.3 Å². The molecule has 0 aliphatic carbocycles. The van der Waals surface area contributed by atoms with E-state index in [2.05, 4.69) is 5.32 Å². The SMILES string of the molecule is CCCC[C@@H](O)[C@H](OC(C)=O)C(Cc1cc(F)cc(F)c1)NC(=O)OC(C)(C)C. The van der Waals surface area contributed by atoms with E-state index in [9.17, 15) is 23.5 Å². The van der Waals surface area contributed by atoms with Gasteiger partial charge in [-0.15, -0.1) is 0 Å². The molecule has 0 saturated carbocycles. The molecule has 8 heteroatoms. The summed E-state index contributed by atoms with van der Waals surface area (Å²) in [5.41, 5.74) is -0.541. The number of rotatable bonds is 9. The highest BCUT2D eigenvalue weighted by molar-refractivity contribution is 5.69. The van der Waals surface area contributed by atoms with Crippen LogP contribution in [0.1, 0.15) is 59.4 Å². The van der Waals surface area contributed by atoms with Crippen molar-refractivity contribution in [3.63, 3.8) is 0 Å². The van der Waals surface area contributed by atoms with Crippen molar-refractivity contribution in [2.75, 3.05) is 0 Å². The Kier molecular flexibility index (Phi) is 9.49. The summed E-state index contributed by atoms with van der Waals surface area (Å²) in [5.74, 6) is -2.19. The third-order valence-corrected chi connectivity index (χ3v) is 4.01. The molecule has 0 aromatic heterocycles. The second-order valence-electron chi connectivity index (χ2n) is 8.02. The molecule has 0 aliphatic rings. The van der Waals surface area contributed by atoms with E-state index in [4.69, 9.17) is 9.47 Å². The molecule has 0 aliphatic heterocycles. The average Bonchev–Trinajstić information content (AvgIpc) is 2.54. The lowest BCUT2D eigenvalue weighted by Crippen LogP contribution is -2.52. The van der Waals surface area contributed by atoms with Crippen molar-refractivity contribution in [2.45, 2.75) is 84.2 Å². The Balaban J connectivity index is 3.18. The van der Waals surface area contributed by atoms with E-state index in [0.29, 0.717) is 12.8 Å². The fourth-order valence-electron chi connectivity index (χ4n) is 2.89. The Morgan fingerprint density at radius 3 is 2.24 bits per heavy atom. The molecule has 164 valence electrons. The predicted octanol–water partition coefficient (Wildman–Crippen LogP) is 3.88. The zero-order valence-corrected chi connectivity index (χ0v) is 17.6. The van der Waals surface area contributed by atoms with E-state index in [0.717, 1.165) is 24.6 Å². The first kappa shape index (κ1) is 24.8. The second kappa shape index (κ2) is 11.1. The maximum Gasteiger partial charge on any atom is 0.408 e. The summed E-state index contributed by atoms with van der Waals surface area (Å²) in [5, 5.41) is 13.2. The van der Waals surface area contributed by atoms with Gasteiger partial charge in [0.15, 0.2) is 0 Å². The van der Waals surface area contributed by atoms with Crippen molar-refractivity contribution in [3.05, 3.63) is 35.4 Å². The van der Waals surface area contributed by atoms with Crippen molar-refractivity contribution in [1.29, 1.82) is 0 Å². The third-order valence-electron chi connectivity index (χ3n) is 4.01. The lowest BCUT2D eigenvalue weighted by atomic mass is 9.95. The van der Waals surface area contributed by atoms with E-state index < -0.39 is 47.5 Å². The Morgan fingerprint density at radius 2 is 1.76 bits per heavy atom. The molecule has 29 heavy (non-hydrogen) atoms. The van der Waals surface area contributed by atoms with Crippen LogP contribution in [0.2, 0.25) is 0 Å². The minimum atomic E-state index is -1.11. The lowest BCUT2D eigenvalue weighted by molar-refractivity contribution is -0.155. The van der Waals surface area contributed by atoms with Crippen LogP contribution < -0.4 is 5.32 Å². The Hall–Kier alpha value is -2.22. The fourth-order valence-corrected chi connectivity index (χ4v) is 2.89. The summed E-state index contributed by atoms with van der Waals surface area (Å²) in [4.78, 5) is 23.9. The van der Waals surface area contributed by atoms with Gasteiger partial charge in [-0.25, -0.2) is 13.6 Å². The first-order valence-electron chi connectivity index (χ1n) is 9.71. The standard InChI is InChI=1S/C21H31F2NO5/c1-6-7-8-18(26)19(28-13(2)25)17(24-20(27)29-21(3,4)5)11-14-9-15(22)12-16(23)10-14/h9-10,12,17-19,26H,6-8,11H2,1-5H3,(H,24,27)/t17?,18-,19-/m1/s1. The number of aliphatic hydroxyl groups excluding tert-OH is 1. The predicted molar refractivity (Wildman–Crippen MR) is 104 cm³/mol. The Bertz CT molecular complexity index is 670. The molecule has 1 amide bonds. The van der Waals surface area contributed by atoms with Crippen LogP contribution in [0.3, 0.4) is 0 Å². The van der Waals surface area contributed by atoms with E-state index >= 15 is 0 Å². The lowest BCUT2D eigenvalue weighted by Gasteiger charge is -2.32. The van der Waals surface area contributed by atoms with Crippen LogP contribution in [0, 0.1) is 11.6 Å². The molecule has 1 unspecified atom stereocenters. The highest BCUT2D eigenvalue weighted by Crippen LogP contribution is 2.19. The molecule has 0 fully saturated rings. The number of halogens is 2. The molecule has 1 rings (SSSR count). The Labute approximate surface area is 170 Å². The van der Waals surface area contributed by atoms with Crippen molar-refractivity contribution in [2.24, 2.45) is 0 Å². The molecule has 0 radical (unpaired) electrons. The molecular formula is C21H31F2NO5. The summed E-state index contributed by atoms with van der Waals surface area (Å²) >= 11 is 0. The molecule has 0 heterocycles. The number of amides is 1. The van der Waals surface area contributed by atoms with Crippen LogP contribution >= 0.6 is 0 Å². The first-order valence-corrected chi connectivity index (χ1v) is 9.71. The van der Waals surface area contributed by atoms with E-state index in [1.165, 1.54) is 6.92 Å². The average molecular weight is 415 g/mol. The number of nitrogens with one attached hydrogen (secondary N) is 1. The van der Waals surface area contributed by atoms with Gasteiger partial charge in [0.25, 0.3) is 0 Å². The first-order chi connectivity index (χ1) is 13.4. The van der Waals surface area contributed by atoms with Crippen LogP contribution in [0.25, 0.3) is 0 Å². The largest absolute Gasteiger partial charge is 0.458 e. The molecule has 1 aromatic carbocycles. The smallest absolute Gasteiger partial charge is 0.408 e. The zero-order chi connectivity index (χ0) is 22.2. The number of ether oxygens (including phenoxy) is 2. The number of esters is 1. The van der Waals surface area contributed by atoms with Crippen LogP contribution in [0.4, 0.5) is 13.6 Å². The molecular weight excluding hydrogens is 384 g/mol.